The fourth-order valence-corrected chi connectivity index (χ4v) is 1.48. The Bertz CT molecular complexity index is 408. The zero-order valence-corrected chi connectivity index (χ0v) is 8.83. The molecule has 0 aromatic heterocycles. The molecule has 0 bridgehead atoms. The Balaban J connectivity index is 1.92. The number of hydrogen-bond donors (Lipinski definition) is 1. The zero-order chi connectivity index (χ0) is 11.5. The minimum atomic E-state index is -0.426. The van der Waals surface area contributed by atoms with Gasteiger partial charge in [0.2, 0.25) is 0 Å². The predicted molar refractivity (Wildman–Crippen MR) is 54.9 cm³/mol. The molecule has 0 saturated carbocycles. The van der Waals surface area contributed by atoms with E-state index in [-0.39, 0.29) is 18.5 Å². The number of nitrogens with one attached hydrogen (secondary N) is 1. The van der Waals surface area contributed by atoms with Gasteiger partial charge in [0.1, 0.15) is 18.2 Å². The van der Waals surface area contributed by atoms with E-state index in [9.17, 15) is 9.18 Å². The molecule has 0 radical (unpaired) electrons. The Morgan fingerprint density at radius 2 is 2.44 bits per heavy atom. The lowest BCUT2D eigenvalue weighted by atomic mass is 10.2. The van der Waals surface area contributed by atoms with Crippen LogP contribution in [-0.4, -0.2) is 25.3 Å². The number of aryl methyl sites for hydroxylation is 1. The average molecular weight is 225 g/mol. The summed E-state index contributed by atoms with van der Waals surface area (Å²) in [6.45, 7) is 2.47. The molecular weight excluding hydrogens is 213 g/mol. The van der Waals surface area contributed by atoms with Crippen molar-refractivity contribution in [3.63, 3.8) is 0 Å². The van der Waals surface area contributed by atoms with Crippen LogP contribution in [-0.2, 0) is 4.74 Å². The fourth-order valence-electron chi connectivity index (χ4n) is 1.48. The first kappa shape index (κ1) is 10.7. The molecule has 5 heteroatoms. The van der Waals surface area contributed by atoms with Crippen molar-refractivity contribution in [2.45, 2.75) is 13.0 Å². The molecule has 1 saturated heterocycles. The summed E-state index contributed by atoms with van der Waals surface area (Å²) in [7, 11) is 0. The molecule has 0 spiro atoms. The molecular formula is C11H12FNO3. The van der Waals surface area contributed by atoms with Crippen LogP contribution in [0.1, 0.15) is 5.56 Å². The lowest BCUT2D eigenvalue weighted by Crippen LogP contribution is -2.22. The number of rotatable bonds is 3. The van der Waals surface area contributed by atoms with E-state index in [0.29, 0.717) is 12.3 Å². The Morgan fingerprint density at radius 3 is 3.06 bits per heavy atom. The SMILES string of the molecule is Cc1cc(F)ccc1OCC1CNC(=O)O1. The minimum absolute atomic E-state index is 0.269. The smallest absolute Gasteiger partial charge is 0.407 e. The van der Waals surface area contributed by atoms with E-state index in [0.717, 1.165) is 5.56 Å². The van der Waals surface area contributed by atoms with Gasteiger partial charge in [-0.15, -0.1) is 0 Å². The van der Waals surface area contributed by atoms with Gasteiger partial charge in [0.15, 0.2) is 6.10 Å². The summed E-state index contributed by atoms with van der Waals surface area (Å²) in [5.74, 6) is 0.308. The third-order valence-electron chi connectivity index (χ3n) is 2.31. The second-order valence-electron chi connectivity index (χ2n) is 3.63. The van der Waals surface area contributed by atoms with Gasteiger partial charge < -0.3 is 14.8 Å². The Kier molecular flexibility index (Phi) is 2.94. The third kappa shape index (κ3) is 2.42. The highest BCUT2D eigenvalue weighted by molar-refractivity contribution is 5.69. The number of alkyl carbamates (subject to hydrolysis) is 1. The Morgan fingerprint density at radius 1 is 1.62 bits per heavy atom. The van der Waals surface area contributed by atoms with Gasteiger partial charge in [-0.25, -0.2) is 9.18 Å². The summed E-state index contributed by atoms with van der Waals surface area (Å²) in [6.07, 6.45) is -0.707. The quantitative estimate of drug-likeness (QED) is 0.850. The van der Waals surface area contributed by atoms with Gasteiger partial charge in [0, 0.05) is 0 Å². The van der Waals surface area contributed by atoms with Gasteiger partial charge in [-0.2, -0.15) is 0 Å². The van der Waals surface area contributed by atoms with Crippen LogP contribution < -0.4 is 10.1 Å². The highest BCUT2D eigenvalue weighted by Crippen LogP contribution is 2.18. The van der Waals surface area contributed by atoms with E-state index in [1.165, 1.54) is 12.1 Å². The summed E-state index contributed by atoms with van der Waals surface area (Å²) in [5, 5.41) is 2.53. The monoisotopic (exact) mass is 225 g/mol. The molecule has 1 unspecified atom stereocenters. The van der Waals surface area contributed by atoms with Crippen molar-refractivity contribution in [1.82, 2.24) is 5.32 Å². The second kappa shape index (κ2) is 4.38. The number of amides is 1. The summed E-state index contributed by atoms with van der Waals surface area (Å²) in [4.78, 5) is 10.7. The Hall–Kier alpha value is -1.78. The standard InChI is InChI=1S/C11H12FNO3/c1-7-4-8(12)2-3-10(7)15-6-9-5-13-11(14)16-9/h2-4,9H,5-6H2,1H3,(H,13,14). The molecule has 1 atom stereocenters. The molecule has 4 nitrogen and oxygen atoms in total. The first-order valence-electron chi connectivity index (χ1n) is 4.98. The first-order chi connectivity index (χ1) is 7.65. The molecule has 86 valence electrons. The number of hydrogen-bond acceptors (Lipinski definition) is 3. The lowest BCUT2D eigenvalue weighted by Gasteiger charge is -2.11. The molecule has 1 aromatic rings. The molecule has 1 amide bonds. The molecule has 1 N–H and O–H groups in total. The fraction of sp³-hybridized carbons (Fsp3) is 0.364. The molecule has 0 aliphatic carbocycles. The normalized spacial score (nSPS) is 19.1. The minimum Gasteiger partial charge on any atom is -0.489 e. The van der Waals surface area contributed by atoms with E-state index >= 15 is 0 Å². The van der Waals surface area contributed by atoms with E-state index in [2.05, 4.69) is 5.32 Å². The number of carbonyl (C=O) groups excluding carboxylic acids is 1. The first-order valence-corrected chi connectivity index (χ1v) is 4.98. The van der Waals surface area contributed by atoms with Crippen LogP contribution in [0.3, 0.4) is 0 Å². The van der Waals surface area contributed by atoms with E-state index in [1.54, 1.807) is 13.0 Å². The van der Waals surface area contributed by atoms with Crippen molar-refractivity contribution >= 4 is 6.09 Å². The van der Waals surface area contributed by atoms with Crippen molar-refractivity contribution in [2.24, 2.45) is 0 Å². The van der Waals surface area contributed by atoms with Crippen LogP contribution in [0.4, 0.5) is 9.18 Å². The topological polar surface area (TPSA) is 47.6 Å². The summed E-state index contributed by atoms with van der Waals surface area (Å²) in [6, 6.07) is 4.30. The van der Waals surface area contributed by atoms with Crippen LogP contribution in [0.5, 0.6) is 5.75 Å². The number of benzene rings is 1. The van der Waals surface area contributed by atoms with Crippen molar-refractivity contribution in [1.29, 1.82) is 0 Å². The van der Waals surface area contributed by atoms with E-state index in [1.807, 2.05) is 0 Å². The molecule has 1 heterocycles. The molecule has 1 aliphatic heterocycles. The van der Waals surface area contributed by atoms with Gasteiger partial charge in [-0.1, -0.05) is 0 Å². The van der Waals surface area contributed by atoms with E-state index < -0.39 is 6.09 Å². The van der Waals surface area contributed by atoms with Crippen molar-refractivity contribution < 1.29 is 18.7 Å². The van der Waals surface area contributed by atoms with Gasteiger partial charge in [0.05, 0.1) is 6.54 Å². The van der Waals surface area contributed by atoms with Crippen molar-refractivity contribution in [2.75, 3.05) is 13.2 Å². The molecule has 1 aromatic carbocycles. The van der Waals surface area contributed by atoms with Crippen molar-refractivity contribution in [3.05, 3.63) is 29.6 Å². The summed E-state index contributed by atoms with van der Waals surface area (Å²) >= 11 is 0. The third-order valence-corrected chi connectivity index (χ3v) is 2.31. The van der Waals surface area contributed by atoms with Crippen LogP contribution in [0.2, 0.25) is 0 Å². The second-order valence-corrected chi connectivity index (χ2v) is 3.63. The van der Waals surface area contributed by atoms with Gasteiger partial charge >= 0.3 is 6.09 Å². The maximum atomic E-state index is 12.8. The molecule has 2 rings (SSSR count). The maximum Gasteiger partial charge on any atom is 0.407 e. The zero-order valence-electron chi connectivity index (χ0n) is 8.83. The van der Waals surface area contributed by atoms with Crippen LogP contribution in [0.25, 0.3) is 0 Å². The van der Waals surface area contributed by atoms with E-state index in [4.69, 9.17) is 9.47 Å². The van der Waals surface area contributed by atoms with Gasteiger partial charge in [0.25, 0.3) is 0 Å². The van der Waals surface area contributed by atoms with Crippen LogP contribution >= 0.6 is 0 Å². The number of halogens is 1. The maximum absolute atomic E-state index is 12.8. The average Bonchev–Trinajstić information content (AvgIpc) is 2.63. The number of ether oxygens (including phenoxy) is 2. The largest absolute Gasteiger partial charge is 0.489 e. The predicted octanol–water partition coefficient (Wildman–Crippen LogP) is 1.62. The van der Waals surface area contributed by atoms with Crippen molar-refractivity contribution in [3.8, 4) is 5.75 Å². The Labute approximate surface area is 92.4 Å². The molecule has 16 heavy (non-hydrogen) atoms. The lowest BCUT2D eigenvalue weighted by molar-refractivity contribution is 0.104. The summed E-state index contributed by atoms with van der Waals surface area (Å²) in [5.41, 5.74) is 0.720. The van der Waals surface area contributed by atoms with Gasteiger partial charge in [-0.3, -0.25) is 0 Å². The highest BCUT2D eigenvalue weighted by Gasteiger charge is 2.23. The van der Waals surface area contributed by atoms with Crippen LogP contribution in [0.15, 0.2) is 18.2 Å². The number of carbonyl (C=O) groups is 1. The molecule has 1 aliphatic rings. The highest BCUT2D eigenvalue weighted by atomic mass is 19.1. The molecule has 1 fully saturated rings. The summed E-state index contributed by atoms with van der Waals surface area (Å²) < 4.78 is 23.1. The number of cyclic esters (lactones) is 1. The van der Waals surface area contributed by atoms with Crippen LogP contribution in [0, 0.1) is 12.7 Å². The van der Waals surface area contributed by atoms with Gasteiger partial charge in [-0.05, 0) is 30.7 Å².